The van der Waals surface area contributed by atoms with Gasteiger partial charge in [-0.15, -0.1) is 0 Å². The molecular formula is C12H20N4O2. The van der Waals surface area contributed by atoms with Crippen LogP contribution in [-0.4, -0.2) is 47.8 Å². The number of anilines is 1. The number of nitrogens with two attached hydrogens (primary N) is 1. The number of aryl methyl sites for hydroxylation is 1. The van der Waals surface area contributed by atoms with Crippen molar-refractivity contribution in [3.05, 3.63) is 11.3 Å². The molecule has 1 amide bonds. The molecule has 6 nitrogen and oxygen atoms in total. The Hall–Kier alpha value is -1.56. The van der Waals surface area contributed by atoms with Gasteiger partial charge in [-0.1, -0.05) is 0 Å². The van der Waals surface area contributed by atoms with Gasteiger partial charge in [-0.25, -0.2) is 0 Å². The first-order valence-corrected chi connectivity index (χ1v) is 6.22. The molecule has 6 heteroatoms. The molecule has 1 unspecified atom stereocenters. The van der Waals surface area contributed by atoms with E-state index in [2.05, 4.69) is 10.2 Å². The molecule has 0 bridgehead atoms. The molecule has 1 aromatic rings. The Morgan fingerprint density at radius 2 is 2.44 bits per heavy atom. The summed E-state index contributed by atoms with van der Waals surface area (Å²) < 4.78 is 5.17. The molecule has 1 saturated heterocycles. The molecule has 18 heavy (non-hydrogen) atoms. The summed E-state index contributed by atoms with van der Waals surface area (Å²) in [4.78, 5) is 14.2. The zero-order valence-electron chi connectivity index (χ0n) is 10.9. The zero-order valence-corrected chi connectivity index (χ0v) is 10.9. The van der Waals surface area contributed by atoms with E-state index in [0.29, 0.717) is 18.1 Å². The van der Waals surface area contributed by atoms with E-state index in [9.17, 15) is 4.79 Å². The van der Waals surface area contributed by atoms with Crippen molar-refractivity contribution >= 4 is 11.7 Å². The Morgan fingerprint density at radius 1 is 1.67 bits per heavy atom. The van der Waals surface area contributed by atoms with E-state index in [4.69, 9.17) is 10.5 Å². The van der Waals surface area contributed by atoms with E-state index >= 15 is 0 Å². The van der Waals surface area contributed by atoms with Crippen molar-refractivity contribution in [1.82, 2.24) is 15.1 Å². The molecule has 1 fully saturated rings. The Labute approximate surface area is 106 Å². The summed E-state index contributed by atoms with van der Waals surface area (Å²) in [5.74, 6) is 0.673. The maximum atomic E-state index is 12.4. The molecule has 100 valence electrons. The minimum Gasteiger partial charge on any atom is -0.384 e. The molecule has 3 N–H and O–H groups in total. The summed E-state index contributed by atoms with van der Waals surface area (Å²) in [5.41, 5.74) is 6.96. The van der Waals surface area contributed by atoms with Crippen LogP contribution in [0.3, 0.4) is 0 Å². The summed E-state index contributed by atoms with van der Waals surface area (Å²) in [7, 11) is 1.69. The van der Waals surface area contributed by atoms with Crippen LogP contribution < -0.4 is 5.73 Å². The Kier molecular flexibility index (Phi) is 3.86. The third-order valence-electron chi connectivity index (χ3n) is 3.40. The quantitative estimate of drug-likeness (QED) is 0.833. The van der Waals surface area contributed by atoms with Crippen molar-refractivity contribution in [3.8, 4) is 0 Å². The highest BCUT2D eigenvalue weighted by atomic mass is 16.5. The van der Waals surface area contributed by atoms with Gasteiger partial charge in [-0.2, -0.15) is 5.10 Å². The molecule has 1 atom stereocenters. The van der Waals surface area contributed by atoms with Gasteiger partial charge in [0, 0.05) is 25.9 Å². The molecule has 1 aromatic heterocycles. The average molecular weight is 252 g/mol. The summed E-state index contributed by atoms with van der Waals surface area (Å²) >= 11 is 0. The Bertz CT molecular complexity index is 408. The largest absolute Gasteiger partial charge is 0.384 e. The van der Waals surface area contributed by atoms with Crippen LogP contribution >= 0.6 is 0 Å². The van der Waals surface area contributed by atoms with Gasteiger partial charge < -0.3 is 15.4 Å². The Balaban J connectivity index is 2.09. The lowest BCUT2D eigenvalue weighted by molar-refractivity contribution is 0.0571. The summed E-state index contributed by atoms with van der Waals surface area (Å²) in [6.07, 6.45) is 2.12. The molecule has 0 radical (unpaired) electrons. The van der Waals surface area contributed by atoms with Crippen LogP contribution in [0.4, 0.5) is 5.82 Å². The predicted octanol–water partition coefficient (Wildman–Crippen LogP) is 0.799. The number of ether oxygens (including phenoxy) is 1. The van der Waals surface area contributed by atoms with Crippen molar-refractivity contribution in [2.45, 2.75) is 19.8 Å². The van der Waals surface area contributed by atoms with E-state index < -0.39 is 0 Å². The Morgan fingerprint density at radius 3 is 3.06 bits per heavy atom. The highest BCUT2D eigenvalue weighted by Crippen LogP contribution is 2.21. The molecule has 1 aliphatic rings. The molecule has 2 rings (SSSR count). The number of rotatable bonds is 3. The summed E-state index contributed by atoms with van der Waals surface area (Å²) in [6.45, 7) is 4.02. The monoisotopic (exact) mass is 252 g/mol. The second-order valence-electron chi connectivity index (χ2n) is 4.82. The number of aromatic nitrogens is 2. The number of H-pyrrole nitrogens is 1. The van der Waals surface area contributed by atoms with Crippen LogP contribution in [0.2, 0.25) is 0 Å². The number of hydrogen-bond acceptors (Lipinski definition) is 4. The first kappa shape index (κ1) is 12.9. The fourth-order valence-corrected chi connectivity index (χ4v) is 2.50. The lowest BCUT2D eigenvalue weighted by Crippen LogP contribution is -2.41. The summed E-state index contributed by atoms with van der Waals surface area (Å²) in [5, 5.41) is 6.61. The maximum Gasteiger partial charge on any atom is 0.259 e. The van der Waals surface area contributed by atoms with Gasteiger partial charge in [0.15, 0.2) is 5.82 Å². The zero-order chi connectivity index (χ0) is 13.1. The second kappa shape index (κ2) is 5.39. The smallest absolute Gasteiger partial charge is 0.259 e. The van der Waals surface area contributed by atoms with Crippen molar-refractivity contribution in [3.63, 3.8) is 0 Å². The number of nitrogens with zero attached hydrogens (tertiary/aromatic N) is 2. The van der Waals surface area contributed by atoms with Crippen LogP contribution in [-0.2, 0) is 4.74 Å². The third kappa shape index (κ3) is 2.48. The van der Waals surface area contributed by atoms with Gasteiger partial charge >= 0.3 is 0 Å². The molecule has 0 aromatic carbocycles. The SMILES string of the molecule is COCC1CCCN(C(=O)c2c(N)n[nH]c2C)C1. The van der Waals surface area contributed by atoms with Crippen LogP contribution in [0.1, 0.15) is 28.9 Å². The maximum absolute atomic E-state index is 12.4. The highest BCUT2D eigenvalue weighted by molar-refractivity contribution is 5.99. The van der Waals surface area contributed by atoms with Gasteiger partial charge in [0.2, 0.25) is 0 Å². The number of carbonyl (C=O) groups excluding carboxylic acids is 1. The molecule has 2 heterocycles. The minimum atomic E-state index is -0.0282. The van der Waals surface area contributed by atoms with Crippen molar-refractivity contribution in [2.75, 3.05) is 32.5 Å². The third-order valence-corrected chi connectivity index (χ3v) is 3.40. The van der Waals surface area contributed by atoms with Crippen LogP contribution in [0.5, 0.6) is 0 Å². The lowest BCUT2D eigenvalue weighted by Gasteiger charge is -2.32. The second-order valence-corrected chi connectivity index (χ2v) is 4.82. The normalized spacial score (nSPS) is 20.1. The van der Waals surface area contributed by atoms with Crippen LogP contribution in [0.25, 0.3) is 0 Å². The highest BCUT2D eigenvalue weighted by Gasteiger charge is 2.27. The molecule has 0 saturated carbocycles. The fourth-order valence-electron chi connectivity index (χ4n) is 2.50. The molecule has 1 aliphatic heterocycles. The van der Waals surface area contributed by atoms with E-state index in [1.807, 2.05) is 11.8 Å². The van der Waals surface area contributed by atoms with E-state index in [-0.39, 0.29) is 11.7 Å². The van der Waals surface area contributed by atoms with Crippen molar-refractivity contribution in [2.24, 2.45) is 5.92 Å². The van der Waals surface area contributed by atoms with E-state index in [1.54, 1.807) is 7.11 Å². The van der Waals surface area contributed by atoms with Crippen molar-refractivity contribution < 1.29 is 9.53 Å². The number of piperidine rings is 1. The topological polar surface area (TPSA) is 84.2 Å². The standard InChI is InChI=1S/C12H20N4O2/c1-8-10(11(13)15-14-8)12(17)16-5-3-4-9(6-16)7-18-2/h9H,3-7H2,1-2H3,(H3,13,14,15). The van der Waals surface area contributed by atoms with Crippen molar-refractivity contribution in [1.29, 1.82) is 0 Å². The van der Waals surface area contributed by atoms with Gasteiger partial charge in [0.1, 0.15) is 5.56 Å². The fraction of sp³-hybridized carbons (Fsp3) is 0.667. The first-order chi connectivity index (χ1) is 8.63. The molecule has 0 aliphatic carbocycles. The number of hydrogen-bond donors (Lipinski definition) is 2. The van der Waals surface area contributed by atoms with Crippen LogP contribution in [0.15, 0.2) is 0 Å². The molecule has 0 spiro atoms. The first-order valence-electron chi connectivity index (χ1n) is 6.22. The van der Waals surface area contributed by atoms with Gasteiger partial charge in [0.05, 0.1) is 6.61 Å². The lowest BCUT2D eigenvalue weighted by atomic mass is 9.98. The van der Waals surface area contributed by atoms with Gasteiger partial charge in [-0.3, -0.25) is 9.89 Å². The van der Waals surface area contributed by atoms with E-state index in [1.165, 1.54) is 0 Å². The number of carbonyl (C=O) groups is 1. The predicted molar refractivity (Wildman–Crippen MR) is 68.2 cm³/mol. The number of methoxy groups -OCH3 is 1. The number of nitrogens with one attached hydrogen (secondary N) is 1. The number of likely N-dealkylation sites (tertiary alicyclic amines) is 1. The number of amides is 1. The number of nitrogen functional groups attached to an aromatic ring is 1. The average Bonchev–Trinajstić information content (AvgIpc) is 2.69. The molecular weight excluding hydrogens is 232 g/mol. The number of aromatic amines is 1. The van der Waals surface area contributed by atoms with Gasteiger partial charge in [0.25, 0.3) is 5.91 Å². The van der Waals surface area contributed by atoms with Gasteiger partial charge in [-0.05, 0) is 25.7 Å². The van der Waals surface area contributed by atoms with E-state index in [0.717, 1.165) is 31.6 Å². The minimum absolute atomic E-state index is 0.0282. The van der Waals surface area contributed by atoms with Crippen LogP contribution in [0, 0.1) is 12.8 Å². The summed E-state index contributed by atoms with van der Waals surface area (Å²) in [6, 6.07) is 0.